The van der Waals surface area contributed by atoms with Crippen molar-refractivity contribution in [2.24, 2.45) is 0 Å². The van der Waals surface area contributed by atoms with E-state index in [0.29, 0.717) is 26.2 Å². The van der Waals surface area contributed by atoms with Crippen LogP contribution in [0.2, 0.25) is 0 Å². The van der Waals surface area contributed by atoms with Gasteiger partial charge in [0.15, 0.2) is 0 Å². The molecule has 7 nitrogen and oxygen atoms in total. The molecule has 1 aromatic carbocycles. The van der Waals surface area contributed by atoms with Crippen LogP contribution in [0.25, 0.3) is 0 Å². The van der Waals surface area contributed by atoms with Crippen molar-refractivity contribution in [3.05, 3.63) is 52.8 Å². The third kappa shape index (κ3) is 6.42. The lowest BCUT2D eigenvalue weighted by Gasteiger charge is -2.22. The Balaban J connectivity index is 1.89. The molecule has 0 radical (unpaired) electrons. The number of carbonyl (C=O) groups excluding carboxylic acids is 2. The molecule has 0 aliphatic rings. The molecule has 0 aliphatic heterocycles. The highest BCUT2D eigenvalue weighted by Crippen LogP contribution is 2.14. The van der Waals surface area contributed by atoms with Gasteiger partial charge in [0.1, 0.15) is 0 Å². The van der Waals surface area contributed by atoms with Gasteiger partial charge in [-0.2, -0.15) is 5.10 Å². The predicted molar refractivity (Wildman–Crippen MR) is 115 cm³/mol. The molecule has 0 bridgehead atoms. The molecule has 0 unspecified atom stereocenters. The largest absolute Gasteiger partial charge is 0.351 e. The van der Waals surface area contributed by atoms with Gasteiger partial charge in [0.2, 0.25) is 11.8 Å². The second kappa shape index (κ2) is 10.8. The van der Waals surface area contributed by atoms with Crippen molar-refractivity contribution in [1.82, 2.24) is 24.9 Å². The number of amides is 2. The summed E-state index contributed by atoms with van der Waals surface area (Å²) < 4.78 is 1.97. The fourth-order valence-corrected chi connectivity index (χ4v) is 3.35. The van der Waals surface area contributed by atoms with Crippen LogP contribution in [0.15, 0.2) is 30.3 Å². The zero-order chi connectivity index (χ0) is 21.4. The first kappa shape index (κ1) is 22.6. The van der Waals surface area contributed by atoms with Gasteiger partial charge in [0.25, 0.3) is 0 Å². The molecule has 2 amide bonds. The first-order valence-electron chi connectivity index (χ1n) is 10.2. The topological polar surface area (TPSA) is 70.5 Å². The van der Waals surface area contributed by atoms with Crippen molar-refractivity contribution in [2.75, 3.05) is 33.2 Å². The Morgan fingerprint density at radius 3 is 2.34 bits per heavy atom. The quantitative estimate of drug-likeness (QED) is 0.663. The summed E-state index contributed by atoms with van der Waals surface area (Å²) in [5, 5.41) is 7.59. The fourth-order valence-electron chi connectivity index (χ4n) is 3.35. The lowest BCUT2D eigenvalue weighted by atomic mass is 10.2. The number of nitrogens with one attached hydrogen (secondary N) is 1. The molecule has 0 spiro atoms. The lowest BCUT2D eigenvalue weighted by Crippen LogP contribution is -2.42. The Morgan fingerprint density at radius 1 is 1.07 bits per heavy atom. The molecule has 1 aromatic heterocycles. The number of carbonyl (C=O) groups is 2. The molecule has 0 atom stereocenters. The maximum absolute atomic E-state index is 12.3. The SMILES string of the molecule is CCN(CC)C(=O)CN(C)CC(=O)NCc1c(C)nn(Cc2ccccc2)c1C. The Bertz CT molecular complexity index is 812. The smallest absolute Gasteiger partial charge is 0.236 e. The number of nitrogens with zero attached hydrogens (tertiary/aromatic N) is 4. The van der Waals surface area contributed by atoms with Crippen LogP contribution in [0.3, 0.4) is 0 Å². The molecular formula is C22H33N5O2. The van der Waals surface area contributed by atoms with Crippen LogP contribution >= 0.6 is 0 Å². The van der Waals surface area contributed by atoms with Crippen molar-refractivity contribution in [3.63, 3.8) is 0 Å². The number of benzene rings is 1. The summed E-state index contributed by atoms with van der Waals surface area (Å²) in [7, 11) is 1.79. The minimum absolute atomic E-state index is 0.0409. The van der Waals surface area contributed by atoms with Crippen LogP contribution in [-0.2, 0) is 22.7 Å². The third-order valence-corrected chi connectivity index (χ3v) is 5.10. The molecule has 1 N–H and O–H groups in total. The Hall–Kier alpha value is -2.67. The third-order valence-electron chi connectivity index (χ3n) is 5.10. The molecule has 7 heteroatoms. The van der Waals surface area contributed by atoms with Gasteiger partial charge >= 0.3 is 0 Å². The van der Waals surface area contributed by atoms with Gasteiger partial charge in [0, 0.05) is 30.9 Å². The number of aryl methyl sites for hydroxylation is 1. The van der Waals surface area contributed by atoms with E-state index in [0.717, 1.165) is 17.0 Å². The minimum Gasteiger partial charge on any atom is -0.351 e. The van der Waals surface area contributed by atoms with E-state index in [1.807, 2.05) is 50.6 Å². The highest BCUT2D eigenvalue weighted by Gasteiger charge is 2.16. The van der Waals surface area contributed by atoms with Gasteiger partial charge in [-0.3, -0.25) is 19.2 Å². The van der Waals surface area contributed by atoms with E-state index in [4.69, 9.17) is 0 Å². The second-order valence-electron chi connectivity index (χ2n) is 7.31. The summed E-state index contributed by atoms with van der Waals surface area (Å²) >= 11 is 0. The Labute approximate surface area is 173 Å². The maximum Gasteiger partial charge on any atom is 0.236 e. The minimum atomic E-state index is -0.102. The van der Waals surface area contributed by atoms with Crippen molar-refractivity contribution < 1.29 is 9.59 Å². The molecule has 0 saturated carbocycles. The predicted octanol–water partition coefficient (Wildman–Crippen LogP) is 1.96. The zero-order valence-corrected chi connectivity index (χ0v) is 18.2. The monoisotopic (exact) mass is 399 g/mol. The van der Waals surface area contributed by atoms with E-state index >= 15 is 0 Å². The molecule has 158 valence electrons. The molecular weight excluding hydrogens is 366 g/mol. The van der Waals surface area contributed by atoms with Gasteiger partial charge in [-0.05, 0) is 40.3 Å². The molecule has 29 heavy (non-hydrogen) atoms. The van der Waals surface area contributed by atoms with Crippen molar-refractivity contribution in [2.45, 2.75) is 40.8 Å². The van der Waals surface area contributed by atoms with Gasteiger partial charge in [-0.1, -0.05) is 30.3 Å². The molecule has 0 saturated heterocycles. The van der Waals surface area contributed by atoms with Crippen LogP contribution in [0.4, 0.5) is 0 Å². The summed E-state index contributed by atoms with van der Waals surface area (Å²) in [6.45, 7) is 10.8. The normalized spacial score (nSPS) is 11.0. The van der Waals surface area contributed by atoms with Gasteiger partial charge in [-0.15, -0.1) is 0 Å². The van der Waals surface area contributed by atoms with E-state index in [9.17, 15) is 9.59 Å². The average molecular weight is 400 g/mol. The first-order valence-corrected chi connectivity index (χ1v) is 10.2. The van der Waals surface area contributed by atoms with Gasteiger partial charge < -0.3 is 10.2 Å². The van der Waals surface area contributed by atoms with Crippen molar-refractivity contribution in [1.29, 1.82) is 0 Å². The van der Waals surface area contributed by atoms with E-state index < -0.39 is 0 Å². The number of aromatic nitrogens is 2. The molecule has 0 fully saturated rings. The van der Waals surface area contributed by atoms with Crippen LogP contribution in [0.5, 0.6) is 0 Å². The summed E-state index contributed by atoms with van der Waals surface area (Å²) in [6, 6.07) is 10.2. The van der Waals surface area contributed by atoms with E-state index in [1.165, 1.54) is 5.56 Å². The Kier molecular flexibility index (Phi) is 8.39. The summed E-state index contributed by atoms with van der Waals surface area (Å²) in [5.74, 6) is -0.0615. The summed E-state index contributed by atoms with van der Waals surface area (Å²) in [5.41, 5.74) is 4.20. The lowest BCUT2D eigenvalue weighted by molar-refractivity contribution is -0.132. The van der Waals surface area contributed by atoms with E-state index in [2.05, 4.69) is 22.5 Å². The fraction of sp³-hybridized carbons (Fsp3) is 0.500. The first-order chi connectivity index (χ1) is 13.8. The molecule has 2 rings (SSSR count). The highest BCUT2D eigenvalue weighted by atomic mass is 16.2. The molecule has 1 heterocycles. The number of likely N-dealkylation sites (N-methyl/N-ethyl adjacent to an activating group) is 2. The van der Waals surface area contributed by atoms with E-state index in [-0.39, 0.29) is 24.9 Å². The average Bonchev–Trinajstić information content (AvgIpc) is 2.94. The van der Waals surface area contributed by atoms with E-state index in [1.54, 1.807) is 16.8 Å². The standard InChI is InChI=1S/C22H33N5O2/c1-6-26(7-2)22(29)16-25(5)15-21(28)23-13-20-17(3)24-27(18(20)4)14-19-11-9-8-10-12-19/h8-12H,6-7,13-16H2,1-5H3,(H,23,28). The molecule has 2 aromatic rings. The number of hydrogen-bond donors (Lipinski definition) is 1. The number of rotatable bonds is 10. The maximum atomic E-state index is 12.3. The summed E-state index contributed by atoms with van der Waals surface area (Å²) in [4.78, 5) is 28.0. The zero-order valence-electron chi connectivity index (χ0n) is 18.2. The van der Waals surface area contributed by atoms with Crippen LogP contribution in [-0.4, -0.2) is 64.6 Å². The van der Waals surface area contributed by atoms with Crippen LogP contribution in [0, 0.1) is 13.8 Å². The number of hydrogen-bond acceptors (Lipinski definition) is 4. The molecule has 0 aliphatic carbocycles. The van der Waals surface area contributed by atoms with Gasteiger partial charge in [0.05, 0.1) is 25.3 Å². The highest BCUT2D eigenvalue weighted by molar-refractivity contribution is 5.81. The van der Waals surface area contributed by atoms with Crippen molar-refractivity contribution in [3.8, 4) is 0 Å². The Morgan fingerprint density at radius 2 is 1.72 bits per heavy atom. The second-order valence-corrected chi connectivity index (χ2v) is 7.31. The van der Waals surface area contributed by atoms with Crippen LogP contribution < -0.4 is 5.32 Å². The van der Waals surface area contributed by atoms with Crippen LogP contribution in [0.1, 0.15) is 36.4 Å². The van der Waals surface area contributed by atoms with Crippen molar-refractivity contribution >= 4 is 11.8 Å². The van der Waals surface area contributed by atoms with Gasteiger partial charge in [-0.25, -0.2) is 0 Å². The summed E-state index contributed by atoms with van der Waals surface area (Å²) in [6.07, 6.45) is 0.